The lowest BCUT2D eigenvalue weighted by molar-refractivity contribution is 0.229. The van der Waals surface area contributed by atoms with Gasteiger partial charge in [0.05, 0.1) is 12.3 Å². The molecule has 1 aliphatic heterocycles. The number of hydrogen-bond acceptors (Lipinski definition) is 3. The Bertz CT molecular complexity index is 263. The molecule has 2 atom stereocenters. The lowest BCUT2D eigenvalue weighted by atomic mass is 10.2. The molecule has 0 aromatic carbocycles. The van der Waals surface area contributed by atoms with Gasteiger partial charge in [-0.2, -0.15) is 0 Å². The van der Waals surface area contributed by atoms with E-state index >= 15 is 0 Å². The van der Waals surface area contributed by atoms with Crippen molar-refractivity contribution < 1.29 is 4.42 Å². The van der Waals surface area contributed by atoms with Crippen molar-refractivity contribution in [3.05, 3.63) is 24.2 Å². The van der Waals surface area contributed by atoms with Crippen LogP contribution in [0.4, 0.5) is 0 Å². The predicted octanol–water partition coefficient (Wildman–Crippen LogP) is 1.80. The Kier molecular flexibility index (Phi) is 3.98. The SMILES string of the molecule is CC(c1ccco1)N1CC[C@H](N)C1.Cl. The Hall–Kier alpha value is -0.510. The lowest BCUT2D eigenvalue weighted by Crippen LogP contribution is -2.28. The van der Waals surface area contributed by atoms with Gasteiger partial charge in [-0.25, -0.2) is 0 Å². The summed E-state index contributed by atoms with van der Waals surface area (Å²) in [4.78, 5) is 2.36. The average molecular weight is 217 g/mol. The molecule has 80 valence electrons. The molecule has 2 heterocycles. The van der Waals surface area contributed by atoms with E-state index in [1.807, 2.05) is 12.1 Å². The topological polar surface area (TPSA) is 42.4 Å². The van der Waals surface area contributed by atoms with Gasteiger partial charge in [0.25, 0.3) is 0 Å². The van der Waals surface area contributed by atoms with Gasteiger partial charge in [0.2, 0.25) is 0 Å². The van der Waals surface area contributed by atoms with Crippen molar-refractivity contribution >= 4 is 12.4 Å². The van der Waals surface area contributed by atoms with E-state index < -0.39 is 0 Å². The van der Waals surface area contributed by atoms with Crippen molar-refractivity contribution in [3.63, 3.8) is 0 Å². The van der Waals surface area contributed by atoms with Crippen LogP contribution in [-0.2, 0) is 0 Å². The third-order valence-corrected chi connectivity index (χ3v) is 2.76. The lowest BCUT2D eigenvalue weighted by Gasteiger charge is -2.21. The van der Waals surface area contributed by atoms with Gasteiger partial charge in [-0.1, -0.05) is 0 Å². The Morgan fingerprint density at radius 2 is 2.43 bits per heavy atom. The second-order valence-electron chi connectivity index (χ2n) is 3.74. The van der Waals surface area contributed by atoms with Crippen LogP contribution in [0.3, 0.4) is 0 Å². The number of nitrogens with two attached hydrogens (primary N) is 1. The van der Waals surface area contributed by atoms with Gasteiger partial charge in [-0.3, -0.25) is 4.90 Å². The first kappa shape index (κ1) is 11.6. The number of nitrogens with zero attached hydrogens (tertiary/aromatic N) is 1. The summed E-state index contributed by atoms with van der Waals surface area (Å²) >= 11 is 0. The fourth-order valence-corrected chi connectivity index (χ4v) is 1.88. The Balaban J connectivity index is 0.000000980. The fourth-order valence-electron chi connectivity index (χ4n) is 1.88. The normalized spacial score (nSPS) is 24.6. The summed E-state index contributed by atoms with van der Waals surface area (Å²) in [6.45, 7) is 4.24. The first-order valence-electron chi connectivity index (χ1n) is 4.80. The first-order chi connectivity index (χ1) is 6.27. The van der Waals surface area contributed by atoms with Crippen molar-refractivity contribution in [2.75, 3.05) is 13.1 Å². The number of rotatable bonds is 2. The number of likely N-dealkylation sites (tertiary alicyclic amines) is 1. The van der Waals surface area contributed by atoms with Crippen LogP contribution in [0.15, 0.2) is 22.8 Å². The molecule has 0 radical (unpaired) electrons. The highest BCUT2D eigenvalue weighted by Gasteiger charge is 2.25. The molecule has 0 amide bonds. The minimum atomic E-state index is 0. The summed E-state index contributed by atoms with van der Waals surface area (Å²) in [5.41, 5.74) is 5.84. The Morgan fingerprint density at radius 3 is 2.93 bits per heavy atom. The van der Waals surface area contributed by atoms with Gasteiger partial charge in [0, 0.05) is 19.1 Å². The quantitative estimate of drug-likeness (QED) is 0.820. The predicted molar refractivity (Wildman–Crippen MR) is 58.5 cm³/mol. The zero-order valence-electron chi connectivity index (χ0n) is 8.35. The molecule has 1 aromatic rings. The smallest absolute Gasteiger partial charge is 0.120 e. The molecule has 1 aliphatic rings. The molecule has 0 spiro atoms. The van der Waals surface area contributed by atoms with Crippen LogP contribution in [0.2, 0.25) is 0 Å². The summed E-state index contributed by atoms with van der Waals surface area (Å²) in [6.07, 6.45) is 2.83. The molecule has 1 aromatic heterocycles. The van der Waals surface area contributed by atoms with Gasteiger partial charge in [0.1, 0.15) is 5.76 Å². The van der Waals surface area contributed by atoms with E-state index in [0.29, 0.717) is 12.1 Å². The molecule has 0 bridgehead atoms. The fraction of sp³-hybridized carbons (Fsp3) is 0.600. The molecule has 2 rings (SSSR count). The highest BCUT2D eigenvalue weighted by atomic mass is 35.5. The monoisotopic (exact) mass is 216 g/mol. The van der Waals surface area contributed by atoms with Crippen LogP contribution in [0, 0.1) is 0 Å². The molecule has 0 aliphatic carbocycles. The second-order valence-corrected chi connectivity index (χ2v) is 3.74. The van der Waals surface area contributed by atoms with Crippen LogP contribution >= 0.6 is 12.4 Å². The molecule has 1 fully saturated rings. The zero-order chi connectivity index (χ0) is 9.26. The van der Waals surface area contributed by atoms with E-state index in [-0.39, 0.29) is 12.4 Å². The maximum absolute atomic E-state index is 5.84. The van der Waals surface area contributed by atoms with Crippen molar-refractivity contribution in [1.82, 2.24) is 4.90 Å². The van der Waals surface area contributed by atoms with Gasteiger partial charge in [-0.05, 0) is 25.5 Å². The van der Waals surface area contributed by atoms with Crippen molar-refractivity contribution in [1.29, 1.82) is 0 Å². The van der Waals surface area contributed by atoms with E-state index in [9.17, 15) is 0 Å². The Labute approximate surface area is 90.7 Å². The van der Waals surface area contributed by atoms with Crippen LogP contribution in [-0.4, -0.2) is 24.0 Å². The number of hydrogen-bond donors (Lipinski definition) is 1. The Morgan fingerprint density at radius 1 is 1.64 bits per heavy atom. The number of furan rings is 1. The van der Waals surface area contributed by atoms with E-state index in [4.69, 9.17) is 10.2 Å². The average Bonchev–Trinajstić information content (AvgIpc) is 2.72. The van der Waals surface area contributed by atoms with Crippen LogP contribution in [0.5, 0.6) is 0 Å². The summed E-state index contributed by atoms with van der Waals surface area (Å²) in [5.74, 6) is 1.04. The molecule has 3 nitrogen and oxygen atoms in total. The largest absolute Gasteiger partial charge is 0.468 e. The molecule has 1 saturated heterocycles. The van der Waals surface area contributed by atoms with Crippen molar-refractivity contribution in [2.24, 2.45) is 5.73 Å². The van der Waals surface area contributed by atoms with Crippen molar-refractivity contribution in [2.45, 2.75) is 25.4 Å². The zero-order valence-corrected chi connectivity index (χ0v) is 9.17. The third-order valence-electron chi connectivity index (χ3n) is 2.76. The molecule has 0 saturated carbocycles. The summed E-state index contributed by atoms with van der Waals surface area (Å²) in [6, 6.07) is 4.66. The maximum atomic E-state index is 5.84. The van der Waals surface area contributed by atoms with Crippen LogP contribution in [0.1, 0.15) is 25.1 Å². The molecule has 1 unspecified atom stereocenters. The van der Waals surface area contributed by atoms with Crippen molar-refractivity contribution in [3.8, 4) is 0 Å². The van der Waals surface area contributed by atoms with Gasteiger partial charge < -0.3 is 10.2 Å². The van der Waals surface area contributed by atoms with Crippen LogP contribution in [0.25, 0.3) is 0 Å². The standard InChI is InChI=1S/C10H16N2O.ClH/c1-8(10-3-2-6-13-10)12-5-4-9(11)7-12;/h2-3,6,8-9H,4-5,7,11H2,1H3;1H/t8?,9-;/m0./s1. The van der Waals surface area contributed by atoms with E-state index in [1.54, 1.807) is 6.26 Å². The molecule has 4 heteroatoms. The summed E-state index contributed by atoms with van der Waals surface area (Å²) < 4.78 is 5.36. The summed E-state index contributed by atoms with van der Waals surface area (Å²) in [5, 5.41) is 0. The van der Waals surface area contributed by atoms with Gasteiger partial charge in [-0.15, -0.1) is 12.4 Å². The minimum Gasteiger partial charge on any atom is -0.468 e. The molecular formula is C10H17ClN2O. The minimum absolute atomic E-state index is 0. The summed E-state index contributed by atoms with van der Waals surface area (Å²) in [7, 11) is 0. The van der Waals surface area contributed by atoms with Gasteiger partial charge in [0.15, 0.2) is 0 Å². The highest BCUT2D eigenvalue weighted by molar-refractivity contribution is 5.85. The first-order valence-corrected chi connectivity index (χ1v) is 4.80. The van der Waals surface area contributed by atoms with E-state index in [1.165, 1.54) is 0 Å². The van der Waals surface area contributed by atoms with E-state index in [2.05, 4.69) is 11.8 Å². The molecule has 14 heavy (non-hydrogen) atoms. The molecule has 2 N–H and O–H groups in total. The van der Waals surface area contributed by atoms with E-state index in [0.717, 1.165) is 25.3 Å². The van der Waals surface area contributed by atoms with Gasteiger partial charge >= 0.3 is 0 Å². The number of halogens is 1. The molecular weight excluding hydrogens is 200 g/mol. The maximum Gasteiger partial charge on any atom is 0.120 e. The van der Waals surface area contributed by atoms with Crippen LogP contribution < -0.4 is 5.73 Å². The highest BCUT2D eigenvalue weighted by Crippen LogP contribution is 2.23. The third kappa shape index (κ3) is 2.29. The second kappa shape index (κ2) is 4.82.